The third-order valence-electron chi connectivity index (χ3n) is 2.98. The van der Waals surface area contributed by atoms with Crippen LogP contribution in [0.2, 0.25) is 0 Å². The summed E-state index contributed by atoms with van der Waals surface area (Å²) in [6.07, 6.45) is 0. The minimum absolute atomic E-state index is 0.00185. The van der Waals surface area contributed by atoms with E-state index in [0.29, 0.717) is 17.8 Å². The molecule has 0 spiro atoms. The highest BCUT2D eigenvalue weighted by molar-refractivity contribution is 5.90. The van der Waals surface area contributed by atoms with Gasteiger partial charge >= 0.3 is 12.6 Å². The van der Waals surface area contributed by atoms with Crippen molar-refractivity contribution in [2.45, 2.75) is 27.4 Å². The highest BCUT2D eigenvalue weighted by atomic mass is 19.3. The number of ether oxygens (including phenoxy) is 1. The molecule has 0 atom stereocenters. The van der Waals surface area contributed by atoms with Gasteiger partial charge in [0.1, 0.15) is 5.75 Å². The van der Waals surface area contributed by atoms with Crippen molar-refractivity contribution in [3.05, 3.63) is 23.8 Å². The van der Waals surface area contributed by atoms with Gasteiger partial charge in [-0.1, -0.05) is 19.9 Å². The normalized spacial score (nSPS) is 10.6. The van der Waals surface area contributed by atoms with Crippen LogP contribution in [0.4, 0.5) is 19.3 Å². The minimum Gasteiger partial charge on any atom is -0.434 e. The molecule has 128 valence electrons. The van der Waals surface area contributed by atoms with Crippen molar-refractivity contribution in [1.82, 2.24) is 10.6 Å². The fourth-order valence-corrected chi connectivity index (χ4v) is 1.71. The molecule has 1 rings (SSSR count). The monoisotopic (exact) mass is 329 g/mol. The first-order valence-corrected chi connectivity index (χ1v) is 7.18. The average molecular weight is 329 g/mol. The number of anilines is 1. The maximum absolute atomic E-state index is 12.3. The van der Waals surface area contributed by atoms with Crippen LogP contribution in [0.3, 0.4) is 0 Å². The summed E-state index contributed by atoms with van der Waals surface area (Å²) in [5.41, 5.74) is 0.767. The molecule has 0 saturated carbocycles. The minimum atomic E-state index is -2.93. The Morgan fingerprint density at radius 2 is 1.83 bits per heavy atom. The van der Waals surface area contributed by atoms with Crippen LogP contribution in [-0.4, -0.2) is 31.6 Å². The Balaban J connectivity index is 2.47. The van der Waals surface area contributed by atoms with Gasteiger partial charge in [-0.2, -0.15) is 8.78 Å². The number of benzene rings is 1. The number of amides is 3. The molecule has 0 aromatic heterocycles. The van der Waals surface area contributed by atoms with Gasteiger partial charge in [0.2, 0.25) is 5.91 Å². The number of hydrogen-bond acceptors (Lipinski definition) is 3. The standard InChI is InChI=1S/C15H21F2N3O3/c1-9(2)13(21)18-7-8-19-15(22)20-11-5-4-6-12(10(11)3)23-14(16)17/h4-6,9,14H,7-8H2,1-3H3,(H,18,21)(H2,19,20,22). The van der Waals surface area contributed by atoms with Crippen LogP contribution in [0.15, 0.2) is 18.2 Å². The molecule has 3 amide bonds. The highest BCUT2D eigenvalue weighted by Crippen LogP contribution is 2.26. The quantitative estimate of drug-likeness (QED) is 0.673. The first-order valence-electron chi connectivity index (χ1n) is 7.18. The van der Waals surface area contributed by atoms with Crippen LogP contribution in [0.1, 0.15) is 19.4 Å². The molecule has 0 heterocycles. The second-order valence-electron chi connectivity index (χ2n) is 5.13. The van der Waals surface area contributed by atoms with Crippen molar-refractivity contribution >= 4 is 17.6 Å². The fourth-order valence-electron chi connectivity index (χ4n) is 1.71. The van der Waals surface area contributed by atoms with Gasteiger partial charge in [0.05, 0.1) is 0 Å². The lowest BCUT2D eigenvalue weighted by molar-refractivity contribution is -0.123. The molecule has 3 N–H and O–H groups in total. The molecule has 0 unspecified atom stereocenters. The summed E-state index contributed by atoms with van der Waals surface area (Å²) in [6, 6.07) is 3.98. The topological polar surface area (TPSA) is 79.5 Å². The Morgan fingerprint density at radius 1 is 1.17 bits per heavy atom. The average Bonchev–Trinajstić information content (AvgIpc) is 2.47. The molecular weight excluding hydrogens is 308 g/mol. The molecule has 8 heteroatoms. The number of nitrogens with one attached hydrogen (secondary N) is 3. The van der Waals surface area contributed by atoms with Crippen LogP contribution in [0, 0.1) is 12.8 Å². The van der Waals surface area contributed by atoms with Crippen LogP contribution < -0.4 is 20.7 Å². The van der Waals surface area contributed by atoms with Crippen molar-refractivity contribution < 1.29 is 23.1 Å². The molecular formula is C15H21F2N3O3. The largest absolute Gasteiger partial charge is 0.434 e. The summed E-state index contributed by atoms with van der Waals surface area (Å²) in [4.78, 5) is 23.1. The van der Waals surface area contributed by atoms with Crippen LogP contribution >= 0.6 is 0 Å². The van der Waals surface area contributed by atoms with Crippen LogP contribution in [0.5, 0.6) is 5.75 Å². The van der Waals surface area contributed by atoms with Gasteiger partial charge in [0.15, 0.2) is 0 Å². The number of carbonyl (C=O) groups is 2. The van der Waals surface area contributed by atoms with Crippen molar-refractivity contribution in [2.75, 3.05) is 18.4 Å². The summed E-state index contributed by atoms with van der Waals surface area (Å²) >= 11 is 0. The number of urea groups is 1. The predicted molar refractivity (Wildman–Crippen MR) is 82.7 cm³/mol. The molecule has 0 aliphatic carbocycles. The molecule has 0 radical (unpaired) electrons. The predicted octanol–water partition coefficient (Wildman–Crippen LogP) is 2.49. The Bertz CT molecular complexity index is 551. The van der Waals surface area contributed by atoms with Crippen LogP contribution in [-0.2, 0) is 4.79 Å². The summed E-state index contributed by atoms with van der Waals surface area (Å²) in [5.74, 6) is -0.217. The zero-order valence-corrected chi connectivity index (χ0v) is 13.3. The number of alkyl halides is 2. The van der Waals surface area contributed by atoms with E-state index in [0.717, 1.165) is 0 Å². The highest BCUT2D eigenvalue weighted by Gasteiger charge is 2.12. The van der Waals surface area contributed by atoms with Gasteiger partial charge in [-0.3, -0.25) is 4.79 Å². The van der Waals surface area contributed by atoms with E-state index in [4.69, 9.17) is 0 Å². The Labute approximate surface area is 133 Å². The van der Waals surface area contributed by atoms with Gasteiger partial charge < -0.3 is 20.7 Å². The SMILES string of the molecule is Cc1c(NC(=O)NCCNC(=O)C(C)C)cccc1OC(F)F. The molecule has 0 aliphatic heterocycles. The van der Waals surface area contributed by atoms with Gasteiger partial charge in [0.25, 0.3) is 0 Å². The van der Waals surface area contributed by atoms with E-state index < -0.39 is 12.6 Å². The van der Waals surface area contributed by atoms with E-state index in [1.54, 1.807) is 26.8 Å². The lowest BCUT2D eigenvalue weighted by Crippen LogP contribution is -2.38. The van der Waals surface area contributed by atoms with E-state index in [1.165, 1.54) is 12.1 Å². The molecule has 6 nitrogen and oxygen atoms in total. The van der Waals surface area contributed by atoms with Gasteiger partial charge in [0, 0.05) is 30.3 Å². The summed E-state index contributed by atoms with van der Waals surface area (Å²) in [7, 11) is 0. The zero-order chi connectivity index (χ0) is 17.4. The van der Waals surface area contributed by atoms with E-state index in [9.17, 15) is 18.4 Å². The Morgan fingerprint density at radius 3 is 2.43 bits per heavy atom. The van der Waals surface area contributed by atoms with E-state index in [1.807, 2.05) is 0 Å². The van der Waals surface area contributed by atoms with Crippen molar-refractivity contribution in [1.29, 1.82) is 0 Å². The first-order chi connectivity index (χ1) is 10.8. The van der Waals surface area contributed by atoms with E-state index in [2.05, 4.69) is 20.7 Å². The fraction of sp³-hybridized carbons (Fsp3) is 0.467. The van der Waals surface area contributed by atoms with Gasteiger partial charge in [-0.05, 0) is 19.1 Å². The van der Waals surface area contributed by atoms with Crippen molar-refractivity contribution in [2.24, 2.45) is 5.92 Å². The van der Waals surface area contributed by atoms with Crippen molar-refractivity contribution in [3.63, 3.8) is 0 Å². The smallest absolute Gasteiger partial charge is 0.387 e. The maximum Gasteiger partial charge on any atom is 0.387 e. The first kappa shape index (κ1) is 18.7. The zero-order valence-electron chi connectivity index (χ0n) is 13.3. The molecule has 0 aliphatic rings. The van der Waals surface area contributed by atoms with Crippen LogP contribution in [0.25, 0.3) is 0 Å². The third-order valence-corrected chi connectivity index (χ3v) is 2.98. The van der Waals surface area contributed by atoms with E-state index >= 15 is 0 Å². The Hall–Kier alpha value is -2.38. The molecule has 0 fully saturated rings. The molecule has 1 aromatic rings. The number of halogens is 2. The van der Waals surface area contributed by atoms with Gasteiger partial charge in [-0.15, -0.1) is 0 Å². The lowest BCUT2D eigenvalue weighted by Gasteiger charge is -2.14. The summed E-state index contributed by atoms with van der Waals surface area (Å²) < 4.78 is 28.9. The number of carbonyl (C=O) groups excluding carboxylic acids is 2. The number of rotatable bonds is 7. The van der Waals surface area contributed by atoms with E-state index in [-0.39, 0.29) is 24.1 Å². The molecule has 0 bridgehead atoms. The lowest BCUT2D eigenvalue weighted by atomic mass is 10.2. The second kappa shape index (κ2) is 8.92. The van der Waals surface area contributed by atoms with Gasteiger partial charge in [-0.25, -0.2) is 4.79 Å². The van der Waals surface area contributed by atoms with Crippen molar-refractivity contribution in [3.8, 4) is 5.75 Å². The number of hydrogen-bond donors (Lipinski definition) is 3. The molecule has 0 saturated heterocycles. The third kappa shape index (κ3) is 6.50. The molecule has 23 heavy (non-hydrogen) atoms. The molecule has 1 aromatic carbocycles. The maximum atomic E-state index is 12.3. The Kier molecular flexibility index (Phi) is 7.24. The summed E-state index contributed by atoms with van der Waals surface area (Å²) in [5, 5.41) is 7.76. The second-order valence-corrected chi connectivity index (χ2v) is 5.13. The summed E-state index contributed by atoms with van der Waals surface area (Å²) in [6.45, 7) is 2.73.